The zero-order chi connectivity index (χ0) is 38.2. The van der Waals surface area contributed by atoms with Gasteiger partial charge in [-0.25, -0.2) is 4.98 Å². The molecule has 2 amide bonds. The largest absolute Gasteiger partial charge is 0.573 e. The quantitative estimate of drug-likeness (QED) is 0.251. The van der Waals surface area contributed by atoms with E-state index >= 15 is 0 Å². The van der Waals surface area contributed by atoms with Gasteiger partial charge in [-0.15, -0.1) is 18.3 Å². The summed E-state index contributed by atoms with van der Waals surface area (Å²) in [5, 5.41) is 17.5. The van der Waals surface area contributed by atoms with Crippen LogP contribution in [-0.4, -0.2) is 91.7 Å². The van der Waals surface area contributed by atoms with Crippen molar-refractivity contribution in [3.63, 3.8) is 0 Å². The molecule has 4 aromatic rings. The van der Waals surface area contributed by atoms with Gasteiger partial charge in [0.05, 0.1) is 24.5 Å². The number of rotatable bonds is 8. The first-order chi connectivity index (χ1) is 25.1. The highest BCUT2D eigenvalue weighted by Gasteiger charge is 2.35. The molecule has 1 aromatic carbocycles. The van der Waals surface area contributed by atoms with Crippen molar-refractivity contribution < 1.29 is 50.5 Å². The van der Waals surface area contributed by atoms with Crippen LogP contribution in [-0.2, 0) is 28.7 Å². The smallest absolute Gasteiger partial charge is 0.503 e. The third kappa shape index (κ3) is 7.76. The average Bonchev–Trinajstić information content (AvgIpc) is 3.57. The molecule has 1 fully saturated rings. The molecular formula is C33H32F6N8O6. The number of alkyl halides is 6. The van der Waals surface area contributed by atoms with E-state index in [0.717, 1.165) is 40.6 Å². The molecular weight excluding hydrogens is 718 g/mol. The first kappa shape index (κ1) is 37.1. The van der Waals surface area contributed by atoms with Crippen LogP contribution in [0.3, 0.4) is 0 Å². The molecule has 0 bridgehead atoms. The van der Waals surface area contributed by atoms with Crippen LogP contribution in [0, 0.1) is 6.92 Å². The number of ether oxygens (including phenoxy) is 2. The second kappa shape index (κ2) is 14.4. The van der Waals surface area contributed by atoms with Crippen molar-refractivity contribution in [3.05, 3.63) is 75.2 Å². The number of benzene rings is 1. The monoisotopic (exact) mass is 750 g/mol. The lowest BCUT2D eigenvalue weighted by Crippen LogP contribution is -2.51. The zero-order valence-electron chi connectivity index (χ0n) is 28.2. The summed E-state index contributed by atoms with van der Waals surface area (Å²) in [6.07, 6.45) is -6.33. The van der Waals surface area contributed by atoms with E-state index in [0.29, 0.717) is 25.3 Å². The van der Waals surface area contributed by atoms with Gasteiger partial charge in [-0.05, 0) is 49.1 Å². The third-order valence-corrected chi connectivity index (χ3v) is 8.74. The van der Waals surface area contributed by atoms with Crippen LogP contribution in [0.5, 0.6) is 11.5 Å². The van der Waals surface area contributed by atoms with Crippen molar-refractivity contribution in [2.24, 2.45) is 0 Å². The minimum Gasteiger partial charge on any atom is -0.503 e. The number of hydrogen-bond acceptors (Lipinski definition) is 10. The molecule has 2 aliphatic rings. The Morgan fingerprint density at radius 2 is 1.81 bits per heavy atom. The fraction of sp³-hybridized carbons (Fsp3) is 0.394. The molecule has 14 nitrogen and oxygen atoms in total. The summed E-state index contributed by atoms with van der Waals surface area (Å²) in [4.78, 5) is 52.3. The molecule has 53 heavy (non-hydrogen) atoms. The van der Waals surface area contributed by atoms with Gasteiger partial charge in [0.15, 0.2) is 23.0 Å². The second-order valence-electron chi connectivity index (χ2n) is 12.2. The summed E-state index contributed by atoms with van der Waals surface area (Å²) < 4.78 is 89.9. The molecule has 282 valence electrons. The topological polar surface area (TPSA) is 156 Å². The van der Waals surface area contributed by atoms with Crippen molar-refractivity contribution in [3.8, 4) is 11.5 Å². The first-order valence-corrected chi connectivity index (χ1v) is 16.3. The number of carbonyl (C=O) groups excluding carboxylic acids is 2. The molecule has 2 aliphatic heterocycles. The van der Waals surface area contributed by atoms with Crippen molar-refractivity contribution in [2.45, 2.75) is 45.8 Å². The number of pyridine rings is 1. The van der Waals surface area contributed by atoms with Gasteiger partial charge in [0, 0.05) is 44.1 Å². The number of fused-ring (bicyclic) bond motifs is 1. The summed E-state index contributed by atoms with van der Waals surface area (Å²) in [5.41, 5.74) is -0.470. The van der Waals surface area contributed by atoms with Crippen LogP contribution in [0.15, 0.2) is 41.3 Å². The van der Waals surface area contributed by atoms with Gasteiger partial charge in [0.2, 0.25) is 11.7 Å². The Labute approximate surface area is 296 Å². The third-order valence-electron chi connectivity index (χ3n) is 8.74. The van der Waals surface area contributed by atoms with E-state index in [4.69, 9.17) is 4.74 Å². The van der Waals surface area contributed by atoms with Crippen LogP contribution >= 0.6 is 0 Å². The second-order valence-corrected chi connectivity index (χ2v) is 12.2. The minimum atomic E-state index is -5.12. The van der Waals surface area contributed by atoms with Crippen LogP contribution in [0.2, 0.25) is 0 Å². The van der Waals surface area contributed by atoms with Crippen molar-refractivity contribution in [1.29, 1.82) is 0 Å². The highest BCUT2D eigenvalue weighted by atomic mass is 19.4. The summed E-state index contributed by atoms with van der Waals surface area (Å²) >= 11 is 0. The molecule has 2 N–H and O–H groups in total. The van der Waals surface area contributed by atoms with Gasteiger partial charge in [0.1, 0.15) is 12.2 Å². The summed E-state index contributed by atoms with van der Waals surface area (Å²) in [6.45, 7) is 3.54. The number of hydrogen-bond donors (Lipinski definition) is 2. The number of nitrogens with zero attached hydrogens (tertiary/aromatic N) is 7. The fourth-order valence-electron chi connectivity index (χ4n) is 6.19. The zero-order valence-corrected chi connectivity index (χ0v) is 28.2. The number of nitrogens with one attached hydrogen (secondary N) is 1. The number of aryl methyl sites for hydroxylation is 1. The molecule has 5 heterocycles. The number of aromatic hydroxyl groups is 1. The molecule has 20 heteroatoms. The maximum absolute atomic E-state index is 14.2. The predicted molar refractivity (Wildman–Crippen MR) is 176 cm³/mol. The Kier molecular flexibility index (Phi) is 10.1. The maximum Gasteiger partial charge on any atom is 0.573 e. The molecule has 1 saturated heterocycles. The number of anilines is 2. The van der Waals surface area contributed by atoms with Gasteiger partial charge in [-0.1, -0.05) is 13.0 Å². The van der Waals surface area contributed by atoms with Crippen molar-refractivity contribution in [1.82, 2.24) is 29.0 Å². The van der Waals surface area contributed by atoms with Gasteiger partial charge in [-0.2, -0.15) is 22.7 Å². The van der Waals surface area contributed by atoms with E-state index in [2.05, 4.69) is 25.1 Å². The van der Waals surface area contributed by atoms with E-state index in [-0.39, 0.29) is 61.1 Å². The van der Waals surface area contributed by atoms with Crippen molar-refractivity contribution in [2.75, 3.05) is 49.6 Å². The minimum absolute atomic E-state index is 0.0336. The average molecular weight is 751 g/mol. The fourth-order valence-corrected chi connectivity index (χ4v) is 6.19. The Hall–Kier alpha value is -5.66. The summed E-state index contributed by atoms with van der Waals surface area (Å²) in [7, 11) is 0. The van der Waals surface area contributed by atoms with E-state index in [9.17, 15) is 45.8 Å². The summed E-state index contributed by atoms with van der Waals surface area (Å²) in [5.74, 6) is -3.25. The SMILES string of the molecule is CCc1c(N2CCN(C(=O)c3nccc(OC(F)(F)F)c3O)CC2)c(=O)n2nc(C3=CCOCC3)nc2n1CC(=O)Nc1ccc(C(F)(F)F)cc1C. The molecule has 0 atom stereocenters. The standard InChI is InChI=1S/C33H32F6N8O6/c1-3-22-26(44-10-12-45(13-11-44)29(50)25-27(49)23(6-9-40-25)53-33(37,38)39)30(51)47-31(42-28(43-47)19-7-14-52-15-8-19)46(22)17-24(48)41-21-5-4-20(16-18(21)2)32(34,35)36/h4-7,9,16,49H,3,8,10-15,17H2,1-2H3,(H,41,48). The van der Waals surface area contributed by atoms with Crippen LogP contribution in [0.1, 0.15) is 46.5 Å². The molecule has 0 unspecified atom stereocenters. The van der Waals surface area contributed by atoms with Gasteiger partial charge in [0.25, 0.3) is 11.5 Å². The predicted octanol–water partition coefficient (Wildman–Crippen LogP) is 4.18. The van der Waals surface area contributed by atoms with E-state index < -0.39 is 59.2 Å². The molecule has 0 radical (unpaired) electrons. The highest BCUT2D eigenvalue weighted by molar-refractivity contribution is 5.96. The Balaban J connectivity index is 1.32. The highest BCUT2D eigenvalue weighted by Crippen LogP contribution is 2.34. The van der Waals surface area contributed by atoms with E-state index in [1.165, 1.54) is 16.4 Å². The van der Waals surface area contributed by atoms with Crippen LogP contribution in [0.4, 0.5) is 37.7 Å². The lowest BCUT2D eigenvalue weighted by Gasteiger charge is -2.36. The number of halogens is 6. The van der Waals surface area contributed by atoms with E-state index in [1.807, 2.05) is 0 Å². The maximum atomic E-state index is 14.2. The van der Waals surface area contributed by atoms with Crippen LogP contribution < -0.4 is 20.5 Å². The molecule has 0 saturated carbocycles. The molecule has 0 aliphatic carbocycles. The normalized spacial score (nSPS) is 15.4. The van der Waals surface area contributed by atoms with Gasteiger partial charge < -0.3 is 34.3 Å². The molecule has 6 rings (SSSR count). The Morgan fingerprint density at radius 3 is 2.43 bits per heavy atom. The number of piperazine rings is 1. The first-order valence-electron chi connectivity index (χ1n) is 16.3. The lowest BCUT2D eigenvalue weighted by molar-refractivity contribution is -0.275. The van der Waals surface area contributed by atoms with Crippen LogP contribution in [0.25, 0.3) is 11.4 Å². The molecule has 3 aromatic heterocycles. The van der Waals surface area contributed by atoms with Gasteiger partial charge >= 0.3 is 12.5 Å². The Morgan fingerprint density at radius 1 is 1.08 bits per heavy atom. The lowest BCUT2D eigenvalue weighted by atomic mass is 10.1. The molecule has 0 spiro atoms. The number of amides is 2. The number of aromatic nitrogens is 5. The van der Waals surface area contributed by atoms with Crippen molar-refractivity contribution >= 4 is 34.5 Å². The Bertz CT molecular complexity index is 2150. The van der Waals surface area contributed by atoms with Gasteiger partial charge in [-0.3, -0.25) is 14.4 Å². The summed E-state index contributed by atoms with van der Waals surface area (Å²) in [6, 6.07) is 3.71. The van der Waals surface area contributed by atoms with E-state index in [1.54, 1.807) is 17.9 Å². The number of carbonyl (C=O) groups is 2.